The second kappa shape index (κ2) is 16.1. The molecule has 0 radical (unpaired) electrons. The minimum Gasteiger partial charge on any atom is -0.310 e. The number of hydrogen-bond acceptors (Lipinski definition) is 1. The largest absolute Gasteiger partial charge is 0.310 e. The van der Waals surface area contributed by atoms with Crippen LogP contribution in [0, 0.1) is 0 Å². The second-order valence-electron chi connectivity index (χ2n) is 15.8. The molecule has 0 aliphatic rings. The van der Waals surface area contributed by atoms with Crippen molar-refractivity contribution in [2.24, 2.45) is 0 Å². The van der Waals surface area contributed by atoms with Crippen LogP contribution in [0.5, 0.6) is 0 Å². The SMILES string of the molecule is c1ccc(-c2cccc(-c3ccc(N(c4ccccc4)c4cccc(-c5ccccc5-c5ccc6c(c5)c5ccccc5n6-c5cccc(-c6ccccc6)c5)c4)cc3)c2)cc1. The Hall–Kier alpha value is -8.20. The number of nitrogens with zero attached hydrogens (tertiary/aromatic N) is 2. The molecule has 0 atom stereocenters. The van der Waals surface area contributed by atoms with E-state index >= 15 is 0 Å². The number of benzene rings is 10. The Morgan fingerprint density at radius 3 is 1.39 bits per heavy atom. The van der Waals surface area contributed by atoms with Gasteiger partial charge in [-0.1, -0.05) is 182 Å². The fraction of sp³-hybridized carbons (Fsp3) is 0. The van der Waals surface area contributed by atoms with Gasteiger partial charge in [0.15, 0.2) is 0 Å². The van der Waals surface area contributed by atoms with Crippen LogP contribution in [0.25, 0.3) is 83.1 Å². The van der Waals surface area contributed by atoms with Crippen LogP contribution in [0.2, 0.25) is 0 Å². The zero-order chi connectivity index (χ0) is 41.2. The molecule has 0 N–H and O–H groups in total. The zero-order valence-electron chi connectivity index (χ0n) is 34.1. The summed E-state index contributed by atoms with van der Waals surface area (Å²) >= 11 is 0. The summed E-state index contributed by atoms with van der Waals surface area (Å²) in [6.07, 6.45) is 0. The number of aromatic nitrogens is 1. The first kappa shape index (κ1) is 36.8. The van der Waals surface area contributed by atoms with E-state index in [-0.39, 0.29) is 0 Å². The van der Waals surface area contributed by atoms with E-state index in [1.807, 2.05) is 0 Å². The third-order valence-electron chi connectivity index (χ3n) is 12.0. The first-order chi connectivity index (χ1) is 30.7. The maximum absolute atomic E-state index is 2.41. The van der Waals surface area contributed by atoms with Gasteiger partial charge >= 0.3 is 0 Å². The molecule has 0 amide bonds. The lowest BCUT2D eigenvalue weighted by atomic mass is 9.93. The molecule has 0 saturated carbocycles. The van der Waals surface area contributed by atoms with E-state index in [1.54, 1.807) is 0 Å². The fourth-order valence-electron chi connectivity index (χ4n) is 9.01. The van der Waals surface area contributed by atoms with Gasteiger partial charge in [-0.15, -0.1) is 0 Å². The van der Waals surface area contributed by atoms with Crippen LogP contribution in [0.1, 0.15) is 0 Å². The molecular formula is C60H42N2. The van der Waals surface area contributed by atoms with Gasteiger partial charge in [0.1, 0.15) is 0 Å². The first-order valence-electron chi connectivity index (χ1n) is 21.3. The quantitative estimate of drug-likeness (QED) is 0.141. The Labute approximate surface area is 362 Å². The monoisotopic (exact) mass is 790 g/mol. The molecule has 62 heavy (non-hydrogen) atoms. The third kappa shape index (κ3) is 6.94. The van der Waals surface area contributed by atoms with Gasteiger partial charge in [-0.05, 0) is 128 Å². The average Bonchev–Trinajstić information content (AvgIpc) is 3.69. The number of hydrogen-bond donors (Lipinski definition) is 0. The van der Waals surface area contributed by atoms with Gasteiger partial charge in [0.25, 0.3) is 0 Å². The highest BCUT2D eigenvalue weighted by Gasteiger charge is 2.18. The lowest BCUT2D eigenvalue weighted by Gasteiger charge is -2.26. The molecule has 1 aromatic heterocycles. The summed E-state index contributed by atoms with van der Waals surface area (Å²) in [4.78, 5) is 2.35. The molecule has 11 aromatic rings. The maximum atomic E-state index is 2.41. The predicted molar refractivity (Wildman–Crippen MR) is 263 cm³/mol. The van der Waals surface area contributed by atoms with Crippen LogP contribution in [-0.4, -0.2) is 4.57 Å². The molecular weight excluding hydrogens is 749 g/mol. The van der Waals surface area contributed by atoms with Crippen LogP contribution < -0.4 is 4.90 Å². The molecule has 0 spiro atoms. The second-order valence-corrected chi connectivity index (χ2v) is 15.8. The van der Waals surface area contributed by atoms with Gasteiger partial charge in [0.05, 0.1) is 11.0 Å². The normalized spacial score (nSPS) is 11.2. The molecule has 10 aromatic carbocycles. The molecule has 0 unspecified atom stereocenters. The van der Waals surface area contributed by atoms with Gasteiger partial charge in [0.2, 0.25) is 0 Å². The molecule has 2 nitrogen and oxygen atoms in total. The van der Waals surface area contributed by atoms with Crippen LogP contribution in [0.15, 0.2) is 255 Å². The highest BCUT2D eigenvalue weighted by Crippen LogP contribution is 2.41. The summed E-state index contributed by atoms with van der Waals surface area (Å²) in [7, 11) is 0. The minimum absolute atomic E-state index is 1.10. The predicted octanol–water partition coefficient (Wildman–Crippen LogP) is 16.6. The van der Waals surface area contributed by atoms with E-state index in [9.17, 15) is 0 Å². The number of fused-ring (bicyclic) bond motifs is 3. The highest BCUT2D eigenvalue weighted by atomic mass is 15.1. The van der Waals surface area contributed by atoms with Gasteiger partial charge in [-0.25, -0.2) is 0 Å². The molecule has 2 heteroatoms. The average molecular weight is 791 g/mol. The smallest absolute Gasteiger partial charge is 0.0541 e. The first-order valence-corrected chi connectivity index (χ1v) is 21.3. The molecule has 0 bridgehead atoms. The van der Waals surface area contributed by atoms with Crippen molar-refractivity contribution in [2.75, 3.05) is 4.90 Å². The van der Waals surface area contributed by atoms with Crippen LogP contribution in [0.3, 0.4) is 0 Å². The third-order valence-corrected chi connectivity index (χ3v) is 12.0. The van der Waals surface area contributed by atoms with E-state index in [4.69, 9.17) is 0 Å². The van der Waals surface area contributed by atoms with Crippen molar-refractivity contribution in [3.8, 4) is 61.3 Å². The summed E-state index contributed by atoms with van der Waals surface area (Å²) in [5.74, 6) is 0. The minimum atomic E-state index is 1.10. The Balaban J connectivity index is 0.969. The van der Waals surface area contributed by atoms with Crippen molar-refractivity contribution in [2.45, 2.75) is 0 Å². The maximum Gasteiger partial charge on any atom is 0.0541 e. The van der Waals surface area contributed by atoms with Crippen molar-refractivity contribution >= 4 is 38.9 Å². The topological polar surface area (TPSA) is 8.17 Å². The van der Waals surface area contributed by atoms with Crippen LogP contribution >= 0.6 is 0 Å². The van der Waals surface area contributed by atoms with Gasteiger partial charge in [-0.2, -0.15) is 0 Å². The van der Waals surface area contributed by atoms with Gasteiger partial charge < -0.3 is 9.47 Å². The Morgan fingerprint density at radius 2 is 0.694 bits per heavy atom. The Morgan fingerprint density at radius 1 is 0.242 bits per heavy atom. The molecule has 0 aliphatic heterocycles. The van der Waals surface area contributed by atoms with Crippen molar-refractivity contribution in [3.63, 3.8) is 0 Å². The van der Waals surface area contributed by atoms with E-state index in [0.717, 1.165) is 28.3 Å². The van der Waals surface area contributed by atoms with E-state index in [1.165, 1.54) is 71.9 Å². The van der Waals surface area contributed by atoms with Crippen LogP contribution in [-0.2, 0) is 0 Å². The number of rotatable bonds is 9. The summed E-state index contributed by atoms with van der Waals surface area (Å²) in [6, 6.07) is 92.0. The fourth-order valence-corrected chi connectivity index (χ4v) is 9.01. The van der Waals surface area contributed by atoms with Gasteiger partial charge in [0, 0.05) is 33.5 Å². The summed E-state index contributed by atoms with van der Waals surface area (Å²) in [5, 5.41) is 2.47. The molecule has 11 rings (SSSR count). The summed E-state index contributed by atoms with van der Waals surface area (Å²) in [6.45, 7) is 0. The van der Waals surface area contributed by atoms with Gasteiger partial charge in [-0.3, -0.25) is 0 Å². The van der Waals surface area contributed by atoms with Crippen LogP contribution in [0.4, 0.5) is 17.1 Å². The Kier molecular flexibility index (Phi) is 9.57. The summed E-state index contributed by atoms with van der Waals surface area (Å²) < 4.78 is 2.41. The van der Waals surface area contributed by atoms with E-state index < -0.39 is 0 Å². The lowest BCUT2D eigenvalue weighted by molar-refractivity contribution is 1.18. The zero-order valence-corrected chi connectivity index (χ0v) is 34.1. The summed E-state index contributed by atoms with van der Waals surface area (Å²) in [5.41, 5.74) is 18.8. The molecule has 0 fully saturated rings. The van der Waals surface area contributed by atoms with Crippen molar-refractivity contribution in [1.29, 1.82) is 0 Å². The van der Waals surface area contributed by atoms with E-state index in [2.05, 4.69) is 264 Å². The highest BCUT2D eigenvalue weighted by molar-refractivity contribution is 6.11. The number of para-hydroxylation sites is 2. The lowest BCUT2D eigenvalue weighted by Crippen LogP contribution is -2.09. The molecule has 1 heterocycles. The van der Waals surface area contributed by atoms with Crippen molar-refractivity contribution in [3.05, 3.63) is 255 Å². The molecule has 292 valence electrons. The molecule has 0 aliphatic carbocycles. The Bertz CT molecular complexity index is 3330. The van der Waals surface area contributed by atoms with Crippen molar-refractivity contribution in [1.82, 2.24) is 4.57 Å². The standard InChI is InChI=1S/C60H42N2/c1-4-17-43(18-5-1)46-21-14-22-47(39-46)45-33-36-52(37-34-45)61(51-25-8-3-9-26-51)53-27-16-24-49(41-53)55-29-10-11-30-56(55)50-35-38-60-58(42-50)57-31-12-13-32-59(57)62(60)54-28-15-23-48(40-54)44-19-6-2-7-20-44/h1-42H. The molecule has 0 saturated heterocycles. The van der Waals surface area contributed by atoms with E-state index in [0.29, 0.717) is 0 Å². The van der Waals surface area contributed by atoms with Crippen molar-refractivity contribution < 1.29 is 0 Å². The number of anilines is 3.